The maximum atomic E-state index is 12.3. The number of carbonyl (C=O) groups excluding carboxylic acids is 1. The molecule has 0 aromatic heterocycles. The predicted octanol–water partition coefficient (Wildman–Crippen LogP) is 3.15. The second kappa shape index (κ2) is 8.22. The number of nitrogens with zero attached hydrogens (tertiary/aromatic N) is 1. The van der Waals surface area contributed by atoms with Crippen molar-refractivity contribution in [1.29, 1.82) is 0 Å². The molecule has 0 saturated heterocycles. The second-order valence-electron chi connectivity index (χ2n) is 6.16. The Hall–Kier alpha value is -2.19. The van der Waals surface area contributed by atoms with Crippen LogP contribution in [0.1, 0.15) is 36.9 Å². The summed E-state index contributed by atoms with van der Waals surface area (Å²) in [5, 5.41) is 3.00. The Bertz CT molecular complexity index is 972. The average Bonchev–Trinajstić information content (AvgIpc) is 2.91. The lowest BCUT2D eigenvalue weighted by Crippen LogP contribution is -2.29. The summed E-state index contributed by atoms with van der Waals surface area (Å²) in [5.74, 6) is 0.168. The molecule has 2 aromatic carbocycles. The average molecular weight is 450 g/mol. The van der Waals surface area contributed by atoms with Crippen molar-refractivity contribution in [2.24, 2.45) is 4.99 Å². The normalized spacial score (nSPS) is 17.2. The van der Waals surface area contributed by atoms with E-state index in [0.29, 0.717) is 11.4 Å². The van der Waals surface area contributed by atoms with Crippen LogP contribution in [0.3, 0.4) is 0 Å². The molecule has 0 radical (unpaired) electrons. The third-order valence-corrected chi connectivity index (χ3v) is 6.21. The van der Waals surface area contributed by atoms with Crippen molar-refractivity contribution in [1.82, 2.24) is 10.0 Å². The standard InChI is InChI=1S/C19H20BrN3O3S/c1-2-16(13-7-9-14(20)10-8-13)22-18(24)11-12-21-19-15-5-3-4-6-17(15)27(25,26)23-19/h3-10,16H,2,11-12H2,1H3,(H,21,23)(H,22,24)/t16-/m0/s1. The van der Waals surface area contributed by atoms with Crippen LogP contribution in [-0.4, -0.2) is 26.7 Å². The van der Waals surface area contributed by atoms with Gasteiger partial charge in [-0.2, -0.15) is 0 Å². The van der Waals surface area contributed by atoms with Crippen LogP contribution in [0.25, 0.3) is 0 Å². The van der Waals surface area contributed by atoms with Crippen LogP contribution in [0.2, 0.25) is 0 Å². The molecule has 1 aliphatic rings. The van der Waals surface area contributed by atoms with Crippen molar-refractivity contribution in [3.05, 3.63) is 64.1 Å². The van der Waals surface area contributed by atoms with Crippen molar-refractivity contribution in [2.45, 2.75) is 30.7 Å². The zero-order valence-corrected chi connectivity index (χ0v) is 17.2. The summed E-state index contributed by atoms with van der Waals surface area (Å²) in [4.78, 5) is 16.8. The highest BCUT2D eigenvalue weighted by atomic mass is 79.9. The molecule has 0 unspecified atom stereocenters. The molecule has 6 nitrogen and oxygen atoms in total. The van der Waals surface area contributed by atoms with Gasteiger partial charge in [0.2, 0.25) is 5.91 Å². The number of aliphatic imine (C=N–C) groups is 1. The number of halogens is 1. The van der Waals surface area contributed by atoms with Crippen molar-refractivity contribution >= 4 is 37.7 Å². The number of fused-ring (bicyclic) bond motifs is 1. The Balaban J connectivity index is 1.61. The van der Waals surface area contributed by atoms with Crippen LogP contribution in [-0.2, 0) is 14.8 Å². The molecule has 1 atom stereocenters. The molecule has 27 heavy (non-hydrogen) atoms. The van der Waals surface area contributed by atoms with Crippen LogP contribution < -0.4 is 10.0 Å². The van der Waals surface area contributed by atoms with E-state index in [-0.39, 0.29) is 29.8 Å². The second-order valence-corrected chi connectivity index (χ2v) is 8.73. The fourth-order valence-corrected chi connectivity index (χ4v) is 4.42. The van der Waals surface area contributed by atoms with E-state index in [2.05, 4.69) is 31.0 Å². The minimum atomic E-state index is -3.55. The third kappa shape index (κ3) is 4.56. The number of rotatable bonds is 6. The van der Waals surface area contributed by atoms with E-state index < -0.39 is 10.0 Å². The lowest BCUT2D eigenvalue weighted by Gasteiger charge is -2.17. The Morgan fingerprint density at radius 3 is 2.59 bits per heavy atom. The summed E-state index contributed by atoms with van der Waals surface area (Å²) in [6.45, 7) is 2.21. The van der Waals surface area contributed by atoms with Crippen molar-refractivity contribution in [2.75, 3.05) is 6.54 Å². The minimum Gasteiger partial charge on any atom is -0.349 e. The molecule has 0 saturated carbocycles. The third-order valence-electron chi connectivity index (χ3n) is 4.29. The van der Waals surface area contributed by atoms with E-state index in [1.54, 1.807) is 18.2 Å². The molecule has 1 aliphatic heterocycles. The Morgan fingerprint density at radius 2 is 1.89 bits per heavy atom. The van der Waals surface area contributed by atoms with Crippen molar-refractivity contribution in [3.63, 3.8) is 0 Å². The van der Waals surface area contributed by atoms with Crippen molar-refractivity contribution < 1.29 is 13.2 Å². The van der Waals surface area contributed by atoms with Crippen LogP contribution >= 0.6 is 15.9 Å². The zero-order valence-electron chi connectivity index (χ0n) is 14.8. The number of sulfonamides is 1. The topological polar surface area (TPSA) is 87.6 Å². The Morgan fingerprint density at radius 1 is 1.19 bits per heavy atom. The Labute approximate surface area is 167 Å². The summed E-state index contributed by atoms with van der Waals surface area (Å²) in [6.07, 6.45) is 0.954. The highest BCUT2D eigenvalue weighted by molar-refractivity contribution is 9.10. The molecule has 1 heterocycles. The SMILES string of the molecule is CC[C@H](NC(=O)CCN=C1NS(=O)(=O)c2ccccc21)c1ccc(Br)cc1. The molecule has 142 valence electrons. The van der Waals surface area contributed by atoms with Gasteiger partial charge in [-0.05, 0) is 36.2 Å². The molecule has 0 aliphatic carbocycles. The van der Waals surface area contributed by atoms with Gasteiger partial charge in [0.15, 0.2) is 0 Å². The summed E-state index contributed by atoms with van der Waals surface area (Å²) >= 11 is 3.40. The van der Waals surface area contributed by atoms with Gasteiger partial charge >= 0.3 is 0 Å². The van der Waals surface area contributed by atoms with E-state index in [0.717, 1.165) is 16.5 Å². The monoisotopic (exact) mass is 449 g/mol. The maximum Gasteiger partial charge on any atom is 0.263 e. The quantitative estimate of drug-likeness (QED) is 0.709. The highest BCUT2D eigenvalue weighted by Crippen LogP contribution is 2.22. The first-order valence-corrected chi connectivity index (χ1v) is 10.9. The summed E-state index contributed by atoms with van der Waals surface area (Å²) in [5.41, 5.74) is 1.58. The van der Waals surface area contributed by atoms with Gasteiger partial charge in [-0.15, -0.1) is 0 Å². The number of amidine groups is 1. The van der Waals surface area contributed by atoms with Gasteiger partial charge < -0.3 is 5.32 Å². The Kier molecular flexibility index (Phi) is 5.96. The fraction of sp³-hybridized carbons (Fsp3) is 0.263. The smallest absolute Gasteiger partial charge is 0.263 e. The lowest BCUT2D eigenvalue weighted by molar-refractivity contribution is -0.121. The van der Waals surface area contributed by atoms with Gasteiger partial charge in [-0.25, -0.2) is 8.42 Å². The molecule has 2 aromatic rings. The molecule has 2 N–H and O–H groups in total. The van der Waals surface area contributed by atoms with E-state index in [4.69, 9.17) is 0 Å². The summed E-state index contributed by atoms with van der Waals surface area (Å²) in [7, 11) is -3.55. The maximum absolute atomic E-state index is 12.3. The molecule has 0 bridgehead atoms. The predicted molar refractivity (Wildman–Crippen MR) is 108 cm³/mol. The number of amides is 1. The van der Waals surface area contributed by atoms with Crippen LogP contribution in [0, 0.1) is 0 Å². The molecular weight excluding hydrogens is 430 g/mol. The van der Waals surface area contributed by atoms with Gasteiger partial charge in [0.25, 0.3) is 10.0 Å². The first kappa shape index (κ1) is 19.6. The van der Waals surface area contributed by atoms with Gasteiger partial charge in [0, 0.05) is 16.5 Å². The van der Waals surface area contributed by atoms with Gasteiger partial charge in [0.1, 0.15) is 5.84 Å². The number of hydrogen-bond donors (Lipinski definition) is 2. The summed E-state index contributed by atoms with van der Waals surface area (Å²) < 4.78 is 27.5. The molecule has 0 fully saturated rings. The zero-order chi connectivity index (χ0) is 19.4. The fourth-order valence-electron chi connectivity index (χ4n) is 2.90. The van der Waals surface area contributed by atoms with E-state index in [1.165, 1.54) is 6.07 Å². The van der Waals surface area contributed by atoms with E-state index >= 15 is 0 Å². The molecule has 3 rings (SSSR count). The van der Waals surface area contributed by atoms with E-state index in [9.17, 15) is 13.2 Å². The molecule has 0 spiro atoms. The minimum absolute atomic E-state index is 0.0658. The van der Waals surface area contributed by atoms with Gasteiger partial charge in [-0.3, -0.25) is 14.5 Å². The first-order valence-electron chi connectivity index (χ1n) is 8.62. The number of hydrogen-bond acceptors (Lipinski definition) is 4. The van der Waals surface area contributed by atoms with Crippen LogP contribution in [0.4, 0.5) is 0 Å². The molecular formula is C19H20BrN3O3S. The van der Waals surface area contributed by atoms with Gasteiger partial charge in [-0.1, -0.05) is 47.1 Å². The number of benzene rings is 2. The van der Waals surface area contributed by atoms with Crippen LogP contribution in [0.15, 0.2) is 62.9 Å². The lowest BCUT2D eigenvalue weighted by atomic mass is 10.0. The van der Waals surface area contributed by atoms with E-state index in [1.807, 2.05) is 31.2 Å². The van der Waals surface area contributed by atoms with Gasteiger partial charge in [0.05, 0.1) is 17.5 Å². The first-order chi connectivity index (χ1) is 12.9. The van der Waals surface area contributed by atoms with Crippen LogP contribution in [0.5, 0.6) is 0 Å². The number of nitrogens with one attached hydrogen (secondary N) is 2. The van der Waals surface area contributed by atoms with Crippen molar-refractivity contribution in [3.8, 4) is 0 Å². The molecule has 8 heteroatoms. The number of carbonyl (C=O) groups is 1. The molecule has 1 amide bonds. The largest absolute Gasteiger partial charge is 0.349 e. The summed E-state index contributed by atoms with van der Waals surface area (Å²) in [6, 6.07) is 14.4. The highest BCUT2D eigenvalue weighted by Gasteiger charge is 2.29.